The summed E-state index contributed by atoms with van der Waals surface area (Å²) in [6.07, 6.45) is 0. The first-order valence-corrected chi connectivity index (χ1v) is 5.46. The SMILES string of the molecule is CC(C)(C)C(=O)c1nc2ccccc2nc1N. The van der Waals surface area contributed by atoms with Gasteiger partial charge in [0.1, 0.15) is 5.69 Å². The molecule has 0 saturated carbocycles. The number of nitrogen functional groups attached to an aromatic ring is 1. The van der Waals surface area contributed by atoms with E-state index in [0.717, 1.165) is 0 Å². The summed E-state index contributed by atoms with van der Waals surface area (Å²) in [5, 5.41) is 0. The van der Waals surface area contributed by atoms with Crippen molar-refractivity contribution in [1.29, 1.82) is 0 Å². The van der Waals surface area contributed by atoms with Gasteiger partial charge in [-0.2, -0.15) is 0 Å². The third kappa shape index (κ3) is 2.11. The van der Waals surface area contributed by atoms with Gasteiger partial charge in [-0.25, -0.2) is 9.97 Å². The normalized spacial score (nSPS) is 11.7. The third-order valence-corrected chi connectivity index (χ3v) is 2.49. The van der Waals surface area contributed by atoms with E-state index in [1.807, 2.05) is 45.0 Å². The lowest BCUT2D eigenvalue weighted by Crippen LogP contribution is -2.23. The molecule has 2 aromatic rings. The number of ketones is 1. The van der Waals surface area contributed by atoms with E-state index in [9.17, 15) is 4.79 Å². The fourth-order valence-electron chi connectivity index (χ4n) is 1.54. The molecule has 4 nitrogen and oxygen atoms in total. The Morgan fingerprint density at radius 3 is 2.18 bits per heavy atom. The number of rotatable bonds is 1. The van der Waals surface area contributed by atoms with Crippen molar-refractivity contribution in [3.63, 3.8) is 0 Å². The number of nitrogens with two attached hydrogens (primary N) is 1. The van der Waals surface area contributed by atoms with Crippen molar-refractivity contribution in [3.8, 4) is 0 Å². The third-order valence-electron chi connectivity index (χ3n) is 2.49. The summed E-state index contributed by atoms with van der Waals surface area (Å²) in [5.41, 5.74) is 6.93. The Morgan fingerprint density at radius 2 is 1.65 bits per heavy atom. The minimum atomic E-state index is -0.509. The number of fused-ring (bicyclic) bond motifs is 1. The number of anilines is 1. The second kappa shape index (κ2) is 3.80. The summed E-state index contributed by atoms with van der Waals surface area (Å²) in [7, 11) is 0. The van der Waals surface area contributed by atoms with Crippen molar-refractivity contribution in [2.45, 2.75) is 20.8 Å². The second-order valence-corrected chi connectivity index (χ2v) is 5.03. The Balaban J connectivity index is 2.63. The maximum atomic E-state index is 12.1. The molecule has 2 rings (SSSR count). The Labute approximate surface area is 99.9 Å². The predicted molar refractivity (Wildman–Crippen MR) is 67.7 cm³/mol. The van der Waals surface area contributed by atoms with Gasteiger partial charge in [-0.15, -0.1) is 0 Å². The molecule has 1 heterocycles. The van der Waals surface area contributed by atoms with Gasteiger partial charge in [0, 0.05) is 5.41 Å². The average molecular weight is 229 g/mol. The molecule has 0 amide bonds. The maximum Gasteiger partial charge on any atom is 0.190 e. The van der Waals surface area contributed by atoms with E-state index in [4.69, 9.17) is 5.73 Å². The zero-order valence-corrected chi connectivity index (χ0v) is 10.2. The topological polar surface area (TPSA) is 68.9 Å². The Morgan fingerprint density at radius 1 is 1.12 bits per heavy atom. The first kappa shape index (κ1) is 11.5. The summed E-state index contributed by atoms with van der Waals surface area (Å²) in [6.45, 7) is 5.52. The van der Waals surface area contributed by atoms with E-state index in [1.54, 1.807) is 0 Å². The lowest BCUT2D eigenvalue weighted by Gasteiger charge is -2.16. The van der Waals surface area contributed by atoms with Crippen LogP contribution in [0.1, 0.15) is 31.3 Å². The van der Waals surface area contributed by atoms with Gasteiger partial charge >= 0.3 is 0 Å². The largest absolute Gasteiger partial charge is 0.382 e. The molecule has 0 atom stereocenters. The van der Waals surface area contributed by atoms with E-state index in [1.165, 1.54) is 0 Å². The minimum absolute atomic E-state index is 0.0896. The van der Waals surface area contributed by atoms with Crippen LogP contribution in [-0.2, 0) is 0 Å². The molecule has 17 heavy (non-hydrogen) atoms. The zero-order chi connectivity index (χ0) is 12.6. The smallest absolute Gasteiger partial charge is 0.190 e. The Hall–Kier alpha value is -1.97. The van der Waals surface area contributed by atoms with Gasteiger partial charge in [0.25, 0.3) is 0 Å². The number of nitrogens with zero attached hydrogens (tertiary/aromatic N) is 2. The molecule has 1 aromatic heterocycles. The molecule has 0 aliphatic heterocycles. The van der Waals surface area contributed by atoms with Crippen LogP contribution < -0.4 is 5.73 Å². The highest BCUT2D eigenvalue weighted by Crippen LogP contribution is 2.23. The van der Waals surface area contributed by atoms with Crippen molar-refractivity contribution in [3.05, 3.63) is 30.0 Å². The highest BCUT2D eigenvalue weighted by atomic mass is 16.1. The van der Waals surface area contributed by atoms with Crippen LogP contribution in [0, 0.1) is 5.41 Å². The number of carbonyl (C=O) groups excluding carboxylic acids is 1. The van der Waals surface area contributed by atoms with Crippen LogP contribution in [0.15, 0.2) is 24.3 Å². The zero-order valence-electron chi connectivity index (χ0n) is 10.2. The summed E-state index contributed by atoms with van der Waals surface area (Å²) in [5.74, 6) is 0.108. The van der Waals surface area contributed by atoms with Crippen molar-refractivity contribution in [1.82, 2.24) is 9.97 Å². The average Bonchev–Trinajstić information content (AvgIpc) is 2.26. The van der Waals surface area contributed by atoms with Gasteiger partial charge in [0.05, 0.1) is 11.0 Å². The summed E-state index contributed by atoms with van der Waals surface area (Å²) >= 11 is 0. The molecule has 0 aliphatic rings. The predicted octanol–water partition coefficient (Wildman–Crippen LogP) is 2.44. The number of aromatic nitrogens is 2. The van der Waals surface area contributed by atoms with Crippen molar-refractivity contribution in [2.75, 3.05) is 5.73 Å². The lowest BCUT2D eigenvalue weighted by atomic mass is 9.89. The van der Waals surface area contributed by atoms with Crippen LogP contribution in [-0.4, -0.2) is 15.8 Å². The van der Waals surface area contributed by atoms with Gasteiger partial charge in [0.15, 0.2) is 11.6 Å². The number of carbonyl (C=O) groups is 1. The van der Waals surface area contributed by atoms with E-state index >= 15 is 0 Å². The van der Waals surface area contributed by atoms with Crippen molar-refractivity contribution >= 4 is 22.6 Å². The molecular weight excluding hydrogens is 214 g/mol. The van der Waals surface area contributed by atoms with Gasteiger partial charge in [-0.1, -0.05) is 32.9 Å². The highest BCUT2D eigenvalue weighted by molar-refractivity contribution is 6.02. The Bertz CT molecular complexity index is 585. The van der Waals surface area contributed by atoms with Crippen molar-refractivity contribution in [2.24, 2.45) is 5.41 Å². The molecule has 0 radical (unpaired) electrons. The van der Waals surface area contributed by atoms with Crippen LogP contribution >= 0.6 is 0 Å². The molecule has 1 aromatic carbocycles. The molecule has 0 aliphatic carbocycles. The monoisotopic (exact) mass is 229 g/mol. The fraction of sp³-hybridized carbons (Fsp3) is 0.308. The number of hydrogen-bond acceptors (Lipinski definition) is 4. The first-order chi connectivity index (χ1) is 7.89. The van der Waals surface area contributed by atoms with Crippen LogP contribution in [0.4, 0.5) is 5.82 Å². The summed E-state index contributed by atoms with van der Waals surface area (Å²) in [6, 6.07) is 7.37. The first-order valence-electron chi connectivity index (χ1n) is 5.46. The van der Waals surface area contributed by atoms with E-state index in [2.05, 4.69) is 9.97 Å². The van der Waals surface area contributed by atoms with Gasteiger partial charge < -0.3 is 5.73 Å². The maximum absolute atomic E-state index is 12.1. The van der Waals surface area contributed by atoms with Gasteiger partial charge in [-0.3, -0.25) is 4.79 Å². The minimum Gasteiger partial charge on any atom is -0.382 e. The van der Waals surface area contributed by atoms with E-state index in [-0.39, 0.29) is 17.3 Å². The lowest BCUT2D eigenvalue weighted by molar-refractivity contribution is 0.0854. The summed E-state index contributed by atoms with van der Waals surface area (Å²) < 4.78 is 0. The van der Waals surface area contributed by atoms with Gasteiger partial charge in [0.2, 0.25) is 0 Å². The number of Topliss-reactive ketones (excluding diaryl/α,β-unsaturated/α-hetero) is 1. The molecule has 2 N–H and O–H groups in total. The molecule has 88 valence electrons. The molecule has 0 fully saturated rings. The Kier molecular flexibility index (Phi) is 2.58. The summed E-state index contributed by atoms with van der Waals surface area (Å²) in [4.78, 5) is 20.7. The standard InChI is InChI=1S/C13H15N3O/c1-13(2,3)11(17)10-12(14)16-9-7-5-4-6-8(9)15-10/h4-7H,1-3H3,(H2,14,16). The van der Waals surface area contributed by atoms with Crippen LogP contribution in [0.5, 0.6) is 0 Å². The highest BCUT2D eigenvalue weighted by Gasteiger charge is 2.26. The molecular formula is C13H15N3O. The van der Waals surface area contributed by atoms with E-state index in [0.29, 0.717) is 11.0 Å². The quantitative estimate of drug-likeness (QED) is 0.762. The second-order valence-electron chi connectivity index (χ2n) is 5.03. The molecule has 0 unspecified atom stereocenters. The van der Waals surface area contributed by atoms with Gasteiger partial charge in [-0.05, 0) is 12.1 Å². The molecule has 0 saturated heterocycles. The molecule has 0 bridgehead atoms. The van der Waals surface area contributed by atoms with Crippen LogP contribution in [0.25, 0.3) is 11.0 Å². The number of para-hydroxylation sites is 2. The van der Waals surface area contributed by atoms with Crippen LogP contribution in [0.2, 0.25) is 0 Å². The fourth-order valence-corrected chi connectivity index (χ4v) is 1.54. The van der Waals surface area contributed by atoms with Crippen molar-refractivity contribution < 1.29 is 4.79 Å². The van der Waals surface area contributed by atoms with Crippen LogP contribution in [0.3, 0.4) is 0 Å². The molecule has 0 spiro atoms. The molecule has 4 heteroatoms. The number of hydrogen-bond donors (Lipinski definition) is 1. The number of benzene rings is 1. The van der Waals surface area contributed by atoms with E-state index < -0.39 is 5.41 Å².